The number of hydrogen-bond donors (Lipinski definition) is 2. The van der Waals surface area contributed by atoms with Crippen LogP contribution < -0.4 is 10.6 Å². The molecule has 8 heteroatoms. The van der Waals surface area contributed by atoms with Crippen LogP contribution >= 0.6 is 0 Å². The molecule has 0 saturated heterocycles. The van der Waals surface area contributed by atoms with Crippen LogP contribution in [0.15, 0.2) is 30.9 Å². The average molecular weight is 342 g/mol. The van der Waals surface area contributed by atoms with Gasteiger partial charge in [0.25, 0.3) is 0 Å². The zero-order valence-corrected chi connectivity index (χ0v) is 14.0. The third-order valence-electron chi connectivity index (χ3n) is 4.38. The van der Waals surface area contributed by atoms with Crippen molar-refractivity contribution < 1.29 is 4.92 Å². The molecule has 0 amide bonds. The SMILES string of the molecule is O=[N+]([O-])c1c(NCc2cccnc2)ncnc1NC1CCCCCC1. The van der Waals surface area contributed by atoms with E-state index in [2.05, 4.69) is 25.6 Å². The lowest BCUT2D eigenvalue weighted by atomic mass is 10.1. The Morgan fingerprint density at radius 1 is 1.16 bits per heavy atom. The normalized spacial score (nSPS) is 15.4. The lowest BCUT2D eigenvalue weighted by molar-refractivity contribution is -0.383. The number of nitrogens with zero attached hydrogens (tertiary/aromatic N) is 4. The predicted octanol–water partition coefficient (Wildman–Crippen LogP) is 3.53. The molecule has 2 aromatic heterocycles. The summed E-state index contributed by atoms with van der Waals surface area (Å²) in [5, 5.41) is 17.9. The van der Waals surface area contributed by atoms with Gasteiger partial charge in [0.2, 0.25) is 11.6 Å². The zero-order valence-electron chi connectivity index (χ0n) is 14.0. The van der Waals surface area contributed by atoms with Gasteiger partial charge in [0.05, 0.1) is 4.92 Å². The number of pyridine rings is 1. The molecule has 1 aliphatic rings. The maximum atomic E-state index is 11.6. The number of rotatable bonds is 6. The fourth-order valence-corrected chi connectivity index (χ4v) is 3.09. The highest BCUT2D eigenvalue weighted by Gasteiger charge is 2.25. The summed E-state index contributed by atoms with van der Waals surface area (Å²) < 4.78 is 0. The Kier molecular flexibility index (Phi) is 5.71. The first kappa shape index (κ1) is 17.1. The van der Waals surface area contributed by atoms with Crippen molar-refractivity contribution in [2.45, 2.75) is 51.1 Å². The molecule has 2 aromatic rings. The first-order chi connectivity index (χ1) is 12.2. The molecule has 0 bridgehead atoms. The van der Waals surface area contributed by atoms with Crippen LogP contribution in [-0.4, -0.2) is 25.9 Å². The maximum absolute atomic E-state index is 11.6. The first-order valence-electron chi connectivity index (χ1n) is 8.63. The van der Waals surface area contributed by atoms with E-state index in [1.807, 2.05) is 12.1 Å². The van der Waals surface area contributed by atoms with Crippen molar-refractivity contribution >= 4 is 17.3 Å². The topological polar surface area (TPSA) is 106 Å². The molecule has 25 heavy (non-hydrogen) atoms. The standard InChI is InChI=1S/C17H22N6O2/c24-23(25)15-16(19-11-13-6-5-9-18-10-13)20-12-21-17(15)22-14-7-3-1-2-4-8-14/h5-6,9-10,12,14H,1-4,7-8,11H2,(H2,19,20,21,22). The molecule has 1 fully saturated rings. The van der Waals surface area contributed by atoms with E-state index in [9.17, 15) is 10.1 Å². The maximum Gasteiger partial charge on any atom is 0.353 e. The molecule has 3 rings (SSSR count). The monoisotopic (exact) mass is 342 g/mol. The van der Waals surface area contributed by atoms with E-state index in [0.29, 0.717) is 12.4 Å². The van der Waals surface area contributed by atoms with Gasteiger partial charge in [-0.05, 0) is 24.5 Å². The summed E-state index contributed by atoms with van der Waals surface area (Å²) >= 11 is 0. The summed E-state index contributed by atoms with van der Waals surface area (Å²) in [6, 6.07) is 3.95. The Morgan fingerprint density at radius 2 is 1.92 bits per heavy atom. The van der Waals surface area contributed by atoms with Crippen LogP contribution in [0.2, 0.25) is 0 Å². The van der Waals surface area contributed by atoms with Gasteiger partial charge in [-0.1, -0.05) is 31.7 Å². The molecule has 2 N–H and O–H groups in total. The summed E-state index contributed by atoms with van der Waals surface area (Å²) in [6.07, 6.45) is 11.5. The predicted molar refractivity (Wildman–Crippen MR) is 95.4 cm³/mol. The highest BCUT2D eigenvalue weighted by atomic mass is 16.6. The Morgan fingerprint density at radius 3 is 2.60 bits per heavy atom. The van der Waals surface area contributed by atoms with Gasteiger partial charge in [0, 0.05) is 25.0 Å². The molecular weight excluding hydrogens is 320 g/mol. The molecule has 2 heterocycles. The molecule has 1 saturated carbocycles. The van der Waals surface area contributed by atoms with Gasteiger partial charge in [-0.15, -0.1) is 0 Å². The fourth-order valence-electron chi connectivity index (χ4n) is 3.09. The third kappa shape index (κ3) is 4.62. The van der Waals surface area contributed by atoms with Crippen LogP contribution in [0.3, 0.4) is 0 Å². The molecule has 0 aliphatic heterocycles. The van der Waals surface area contributed by atoms with Crippen molar-refractivity contribution in [3.05, 3.63) is 46.5 Å². The van der Waals surface area contributed by atoms with E-state index >= 15 is 0 Å². The minimum absolute atomic E-state index is 0.101. The molecule has 1 aliphatic carbocycles. The van der Waals surface area contributed by atoms with Gasteiger partial charge in [-0.2, -0.15) is 0 Å². The second-order valence-corrected chi connectivity index (χ2v) is 6.22. The quantitative estimate of drug-likeness (QED) is 0.470. The van der Waals surface area contributed by atoms with Crippen LogP contribution in [0.25, 0.3) is 0 Å². The van der Waals surface area contributed by atoms with Gasteiger partial charge < -0.3 is 10.6 Å². The largest absolute Gasteiger partial charge is 0.361 e. The zero-order chi connectivity index (χ0) is 17.5. The molecule has 0 atom stereocenters. The molecular formula is C17H22N6O2. The number of nitrogens with one attached hydrogen (secondary N) is 2. The summed E-state index contributed by atoms with van der Waals surface area (Å²) in [6.45, 7) is 0.411. The molecule has 0 unspecified atom stereocenters. The van der Waals surface area contributed by atoms with Crippen molar-refractivity contribution in [2.75, 3.05) is 10.6 Å². The highest BCUT2D eigenvalue weighted by molar-refractivity contribution is 5.69. The van der Waals surface area contributed by atoms with Gasteiger partial charge in [0.1, 0.15) is 6.33 Å². The van der Waals surface area contributed by atoms with Gasteiger partial charge in [-0.25, -0.2) is 9.97 Å². The van der Waals surface area contributed by atoms with Gasteiger partial charge >= 0.3 is 5.69 Å². The number of hydrogen-bond acceptors (Lipinski definition) is 7. The number of anilines is 2. The van der Waals surface area contributed by atoms with E-state index < -0.39 is 4.92 Å². The Balaban J connectivity index is 1.77. The second kappa shape index (κ2) is 8.36. The van der Waals surface area contributed by atoms with E-state index in [1.54, 1.807) is 12.4 Å². The molecule has 132 valence electrons. The third-order valence-corrected chi connectivity index (χ3v) is 4.38. The molecule has 0 radical (unpaired) electrons. The smallest absolute Gasteiger partial charge is 0.353 e. The Labute approximate surface area is 146 Å². The van der Waals surface area contributed by atoms with E-state index in [1.165, 1.54) is 19.2 Å². The van der Waals surface area contributed by atoms with Crippen LogP contribution in [0.1, 0.15) is 44.1 Å². The average Bonchev–Trinajstić information content (AvgIpc) is 2.89. The number of nitro groups is 1. The van der Waals surface area contributed by atoms with Crippen molar-refractivity contribution in [1.29, 1.82) is 0 Å². The van der Waals surface area contributed by atoms with Crippen LogP contribution in [0, 0.1) is 10.1 Å². The Hall–Kier alpha value is -2.77. The number of aromatic nitrogens is 3. The summed E-state index contributed by atoms with van der Waals surface area (Å²) in [4.78, 5) is 23.4. The summed E-state index contributed by atoms with van der Waals surface area (Å²) in [5.74, 6) is 0.514. The van der Waals surface area contributed by atoms with Crippen LogP contribution in [-0.2, 0) is 6.54 Å². The highest BCUT2D eigenvalue weighted by Crippen LogP contribution is 2.31. The lowest BCUT2D eigenvalue weighted by Crippen LogP contribution is -2.20. The minimum atomic E-state index is -0.426. The fraction of sp³-hybridized carbons (Fsp3) is 0.471. The van der Waals surface area contributed by atoms with E-state index in [4.69, 9.17) is 0 Å². The van der Waals surface area contributed by atoms with Crippen molar-refractivity contribution in [1.82, 2.24) is 15.0 Å². The second-order valence-electron chi connectivity index (χ2n) is 6.22. The van der Waals surface area contributed by atoms with E-state index in [-0.39, 0.29) is 17.5 Å². The van der Waals surface area contributed by atoms with Gasteiger partial charge in [0.15, 0.2) is 0 Å². The minimum Gasteiger partial charge on any atom is -0.361 e. The lowest BCUT2D eigenvalue weighted by Gasteiger charge is -2.17. The molecule has 0 aromatic carbocycles. The van der Waals surface area contributed by atoms with E-state index in [0.717, 1.165) is 31.2 Å². The Bertz CT molecular complexity index is 702. The van der Waals surface area contributed by atoms with Gasteiger partial charge in [-0.3, -0.25) is 15.1 Å². The summed E-state index contributed by atoms with van der Waals surface area (Å²) in [7, 11) is 0. The molecule has 0 spiro atoms. The van der Waals surface area contributed by atoms with Crippen LogP contribution in [0.4, 0.5) is 17.3 Å². The molecule has 8 nitrogen and oxygen atoms in total. The van der Waals surface area contributed by atoms with Crippen molar-refractivity contribution in [3.8, 4) is 0 Å². The van der Waals surface area contributed by atoms with Crippen molar-refractivity contribution in [3.63, 3.8) is 0 Å². The van der Waals surface area contributed by atoms with Crippen molar-refractivity contribution in [2.24, 2.45) is 0 Å². The van der Waals surface area contributed by atoms with Crippen LogP contribution in [0.5, 0.6) is 0 Å². The summed E-state index contributed by atoms with van der Waals surface area (Å²) in [5.41, 5.74) is 0.823. The first-order valence-corrected chi connectivity index (χ1v) is 8.63.